The number of benzene rings is 2. The van der Waals surface area contributed by atoms with Crippen LogP contribution in [0.1, 0.15) is 0 Å². The van der Waals surface area contributed by atoms with Gasteiger partial charge in [0.2, 0.25) is 0 Å². The molecule has 27 heavy (non-hydrogen) atoms. The molecule has 0 fully saturated rings. The first-order valence-corrected chi connectivity index (χ1v) is 9.58. The second-order valence-electron chi connectivity index (χ2n) is 6.26. The lowest BCUT2D eigenvalue weighted by Gasteiger charge is -2.10. The number of nitrogens with one attached hydrogen (secondary N) is 1. The van der Waals surface area contributed by atoms with Crippen LogP contribution in [-0.4, -0.2) is 22.0 Å². The Morgan fingerprint density at radius 1 is 0.926 bits per heavy atom. The zero-order valence-corrected chi connectivity index (χ0v) is 15.5. The number of nitrogens with zero attached hydrogens (tertiary/aromatic N) is 3. The molecule has 0 atom stereocenters. The van der Waals surface area contributed by atoms with Crippen LogP contribution < -0.4 is 5.32 Å². The van der Waals surface area contributed by atoms with Crippen molar-refractivity contribution < 1.29 is 0 Å². The third-order valence-electron chi connectivity index (χ3n) is 4.64. The van der Waals surface area contributed by atoms with Gasteiger partial charge in [-0.3, -0.25) is 4.98 Å². The van der Waals surface area contributed by atoms with Gasteiger partial charge in [-0.05, 0) is 52.2 Å². The molecule has 0 aliphatic rings. The highest BCUT2D eigenvalue weighted by atomic mass is 32.1. The van der Waals surface area contributed by atoms with Gasteiger partial charge < -0.3 is 5.32 Å². The molecule has 0 amide bonds. The van der Waals surface area contributed by atoms with Gasteiger partial charge >= 0.3 is 0 Å². The van der Waals surface area contributed by atoms with Crippen molar-refractivity contribution >= 4 is 38.1 Å². The summed E-state index contributed by atoms with van der Waals surface area (Å²) in [7, 11) is 1.89. The molecule has 1 N–H and O–H groups in total. The van der Waals surface area contributed by atoms with Crippen molar-refractivity contribution in [3.8, 4) is 22.5 Å². The Balaban J connectivity index is 1.71. The maximum atomic E-state index is 4.75. The summed E-state index contributed by atoms with van der Waals surface area (Å²) in [5, 5.41) is 7.64. The number of pyridine rings is 1. The Morgan fingerprint density at radius 2 is 1.89 bits per heavy atom. The van der Waals surface area contributed by atoms with Crippen LogP contribution in [0.5, 0.6) is 0 Å². The van der Waals surface area contributed by atoms with Crippen LogP contribution in [0.2, 0.25) is 0 Å². The van der Waals surface area contributed by atoms with E-state index >= 15 is 0 Å². The van der Waals surface area contributed by atoms with Crippen molar-refractivity contribution in [3.05, 3.63) is 72.4 Å². The number of fused-ring (bicyclic) bond motifs is 2. The molecule has 5 heteroatoms. The number of thiophene rings is 1. The molecule has 0 saturated carbocycles. The van der Waals surface area contributed by atoms with E-state index in [2.05, 4.69) is 58.1 Å². The fraction of sp³-hybridized carbons (Fsp3) is 0.0455. The third kappa shape index (κ3) is 2.73. The number of aromatic nitrogens is 3. The van der Waals surface area contributed by atoms with Crippen LogP contribution in [-0.2, 0) is 0 Å². The van der Waals surface area contributed by atoms with Gasteiger partial charge in [-0.1, -0.05) is 24.3 Å². The molecule has 130 valence electrons. The zero-order chi connectivity index (χ0) is 18.2. The highest BCUT2D eigenvalue weighted by molar-refractivity contribution is 7.17. The number of hydrogen-bond acceptors (Lipinski definition) is 5. The average molecular weight is 368 g/mol. The average Bonchev–Trinajstić information content (AvgIpc) is 3.22. The summed E-state index contributed by atoms with van der Waals surface area (Å²) in [5.41, 5.74) is 4.23. The molecule has 0 unspecified atom stereocenters. The Hall–Kier alpha value is -3.31. The van der Waals surface area contributed by atoms with Crippen molar-refractivity contribution in [2.45, 2.75) is 0 Å². The van der Waals surface area contributed by atoms with Crippen LogP contribution in [0.3, 0.4) is 0 Å². The van der Waals surface area contributed by atoms with E-state index < -0.39 is 0 Å². The molecule has 0 aliphatic heterocycles. The summed E-state index contributed by atoms with van der Waals surface area (Å²) in [4.78, 5) is 13.6. The highest BCUT2D eigenvalue weighted by Crippen LogP contribution is 2.35. The molecule has 0 saturated heterocycles. The van der Waals surface area contributed by atoms with Gasteiger partial charge in [-0.25, -0.2) is 9.97 Å². The van der Waals surface area contributed by atoms with Crippen LogP contribution >= 0.6 is 11.3 Å². The topological polar surface area (TPSA) is 50.7 Å². The Kier molecular flexibility index (Phi) is 3.80. The fourth-order valence-electron chi connectivity index (χ4n) is 3.33. The van der Waals surface area contributed by atoms with Gasteiger partial charge in [0, 0.05) is 35.1 Å². The minimum atomic E-state index is 0.674. The summed E-state index contributed by atoms with van der Waals surface area (Å²) in [6.07, 6.45) is 3.54. The molecule has 2 aromatic carbocycles. The van der Waals surface area contributed by atoms with E-state index in [0.717, 1.165) is 22.3 Å². The summed E-state index contributed by atoms with van der Waals surface area (Å²) >= 11 is 1.77. The van der Waals surface area contributed by atoms with E-state index in [-0.39, 0.29) is 0 Å². The Bertz CT molecular complexity index is 1260. The number of anilines is 1. The number of rotatable bonds is 3. The van der Waals surface area contributed by atoms with Crippen molar-refractivity contribution in [2.75, 3.05) is 12.4 Å². The molecule has 3 heterocycles. The summed E-state index contributed by atoms with van der Waals surface area (Å²) in [6, 6.07) is 18.8. The van der Waals surface area contributed by atoms with Crippen LogP contribution in [0.4, 0.5) is 5.82 Å². The monoisotopic (exact) mass is 368 g/mol. The molecule has 0 spiro atoms. The SMILES string of the molecule is CNc1nc(-c2cccnc2)nc2ccc(-c3cccc4ccsc34)cc12. The first kappa shape index (κ1) is 15.9. The lowest BCUT2D eigenvalue weighted by atomic mass is 10.0. The van der Waals surface area contributed by atoms with E-state index in [9.17, 15) is 0 Å². The van der Waals surface area contributed by atoms with Crippen LogP contribution in [0.25, 0.3) is 43.5 Å². The van der Waals surface area contributed by atoms with Crippen molar-refractivity contribution in [2.24, 2.45) is 0 Å². The molecule has 3 aromatic heterocycles. The van der Waals surface area contributed by atoms with E-state index in [4.69, 9.17) is 9.97 Å². The molecule has 4 nitrogen and oxygen atoms in total. The first-order chi connectivity index (χ1) is 13.3. The molecule has 5 rings (SSSR count). The van der Waals surface area contributed by atoms with Crippen molar-refractivity contribution in [1.29, 1.82) is 0 Å². The predicted molar refractivity (Wildman–Crippen MR) is 113 cm³/mol. The van der Waals surface area contributed by atoms with E-state index in [1.165, 1.54) is 21.2 Å². The molecule has 0 bridgehead atoms. The van der Waals surface area contributed by atoms with Gasteiger partial charge in [0.25, 0.3) is 0 Å². The summed E-state index contributed by atoms with van der Waals surface area (Å²) in [6.45, 7) is 0. The number of hydrogen-bond donors (Lipinski definition) is 1. The minimum Gasteiger partial charge on any atom is -0.373 e. The van der Waals surface area contributed by atoms with Gasteiger partial charge in [0.1, 0.15) is 5.82 Å². The summed E-state index contributed by atoms with van der Waals surface area (Å²) in [5.74, 6) is 1.49. The second kappa shape index (κ2) is 6.45. The second-order valence-corrected chi connectivity index (χ2v) is 7.18. The molecule has 0 aliphatic carbocycles. The Labute approximate surface area is 160 Å². The van der Waals surface area contributed by atoms with Gasteiger partial charge in [0.05, 0.1) is 5.52 Å². The van der Waals surface area contributed by atoms with Gasteiger partial charge in [0.15, 0.2) is 5.82 Å². The largest absolute Gasteiger partial charge is 0.373 e. The van der Waals surface area contributed by atoms with E-state index in [1.807, 2.05) is 19.2 Å². The smallest absolute Gasteiger partial charge is 0.163 e. The highest BCUT2D eigenvalue weighted by Gasteiger charge is 2.11. The third-order valence-corrected chi connectivity index (χ3v) is 5.61. The molecular formula is C22H16N4S. The molecule has 0 radical (unpaired) electrons. The van der Waals surface area contributed by atoms with Gasteiger partial charge in [-0.15, -0.1) is 11.3 Å². The van der Waals surface area contributed by atoms with Gasteiger partial charge in [-0.2, -0.15) is 0 Å². The van der Waals surface area contributed by atoms with Crippen molar-refractivity contribution in [1.82, 2.24) is 15.0 Å². The Morgan fingerprint density at radius 3 is 2.74 bits per heavy atom. The summed E-state index contributed by atoms with van der Waals surface area (Å²) < 4.78 is 1.30. The lowest BCUT2D eigenvalue weighted by Crippen LogP contribution is -1.99. The molecule has 5 aromatic rings. The lowest BCUT2D eigenvalue weighted by molar-refractivity contribution is 1.20. The maximum absolute atomic E-state index is 4.75. The quantitative estimate of drug-likeness (QED) is 0.449. The first-order valence-electron chi connectivity index (χ1n) is 8.70. The van der Waals surface area contributed by atoms with Crippen LogP contribution in [0.15, 0.2) is 72.4 Å². The van der Waals surface area contributed by atoms with Crippen LogP contribution in [0, 0.1) is 0 Å². The maximum Gasteiger partial charge on any atom is 0.163 e. The normalized spacial score (nSPS) is 11.1. The van der Waals surface area contributed by atoms with E-state index in [0.29, 0.717) is 5.82 Å². The zero-order valence-electron chi connectivity index (χ0n) is 14.7. The molecular weight excluding hydrogens is 352 g/mol. The van der Waals surface area contributed by atoms with Crippen molar-refractivity contribution in [3.63, 3.8) is 0 Å². The minimum absolute atomic E-state index is 0.674. The van der Waals surface area contributed by atoms with E-state index in [1.54, 1.807) is 23.7 Å². The fourth-order valence-corrected chi connectivity index (χ4v) is 4.27. The standard InChI is InChI=1S/C22H16N4S/c1-23-22-18-12-15(17-6-2-4-14-9-11-27-20(14)17)7-8-19(18)25-21(26-22)16-5-3-10-24-13-16/h2-13H,1H3,(H,23,25,26). The predicted octanol–water partition coefficient (Wildman–Crippen LogP) is 5.62.